The number of nitrogens with one attached hydrogen (secondary N) is 1. The van der Waals surface area contributed by atoms with Gasteiger partial charge >= 0.3 is 0 Å². The van der Waals surface area contributed by atoms with E-state index in [1.165, 1.54) is 12.5 Å². The number of nitrogen functional groups attached to an aromatic ring is 1. The van der Waals surface area contributed by atoms with Crippen LogP contribution in [0.3, 0.4) is 0 Å². The van der Waals surface area contributed by atoms with E-state index < -0.39 is 15.6 Å². The number of aryl methyl sites for hydroxylation is 1. The Morgan fingerprint density at radius 3 is 2.61 bits per heavy atom. The Morgan fingerprint density at radius 2 is 1.94 bits per heavy atom. The molecule has 3 saturated carbocycles. The normalized spacial score (nSPS) is 24.3. The van der Waals surface area contributed by atoms with Gasteiger partial charge in [-0.05, 0) is 55.4 Å². The van der Waals surface area contributed by atoms with Gasteiger partial charge in [-0.3, -0.25) is 0 Å². The fraction of sp³-hybridized carbons (Fsp3) is 0.333. The fourth-order valence-electron chi connectivity index (χ4n) is 4.81. The van der Waals surface area contributed by atoms with Gasteiger partial charge in [-0.1, -0.05) is 6.07 Å². The van der Waals surface area contributed by atoms with Crippen molar-refractivity contribution in [2.45, 2.75) is 36.6 Å². The second-order valence-corrected chi connectivity index (χ2v) is 10.3. The minimum Gasteiger partial charge on any atom is -0.396 e. The van der Waals surface area contributed by atoms with Crippen molar-refractivity contribution >= 4 is 15.8 Å². The van der Waals surface area contributed by atoms with Crippen LogP contribution < -0.4 is 10.5 Å². The van der Waals surface area contributed by atoms with Crippen molar-refractivity contribution in [1.29, 1.82) is 0 Å². The van der Waals surface area contributed by atoms with Crippen molar-refractivity contribution in [3.8, 4) is 22.6 Å². The summed E-state index contributed by atoms with van der Waals surface area (Å²) in [6.07, 6.45) is 6.56. The van der Waals surface area contributed by atoms with Crippen LogP contribution in [0.15, 0.2) is 47.9 Å². The molecule has 2 bridgehead atoms. The van der Waals surface area contributed by atoms with Gasteiger partial charge < -0.3 is 10.8 Å². The van der Waals surface area contributed by atoms with Crippen molar-refractivity contribution in [3.05, 3.63) is 48.5 Å². The molecule has 2 heterocycles. The summed E-state index contributed by atoms with van der Waals surface area (Å²) in [5, 5.41) is 9.42. The summed E-state index contributed by atoms with van der Waals surface area (Å²) in [6, 6.07) is 6.63. The van der Waals surface area contributed by atoms with Gasteiger partial charge in [-0.2, -0.15) is 0 Å². The van der Waals surface area contributed by atoms with E-state index >= 15 is 0 Å². The van der Waals surface area contributed by atoms with Gasteiger partial charge in [0.05, 0.1) is 22.5 Å². The Hall–Kier alpha value is -2.95. The van der Waals surface area contributed by atoms with E-state index in [-0.39, 0.29) is 22.7 Å². The summed E-state index contributed by atoms with van der Waals surface area (Å²) >= 11 is 0. The quantitative estimate of drug-likeness (QED) is 0.527. The van der Waals surface area contributed by atoms with Crippen LogP contribution >= 0.6 is 0 Å². The molecule has 0 spiro atoms. The summed E-state index contributed by atoms with van der Waals surface area (Å²) < 4.78 is 28.9. The highest BCUT2D eigenvalue weighted by atomic mass is 32.2. The molecule has 0 saturated heterocycles. The van der Waals surface area contributed by atoms with Gasteiger partial charge in [-0.15, -0.1) is 0 Å². The molecule has 10 heteroatoms. The fourth-order valence-corrected chi connectivity index (χ4v) is 6.23. The predicted molar refractivity (Wildman–Crippen MR) is 114 cm³/mol. The van der Waals surface area contributed by atoms with Crippen molar-refractivity contribution in [2.75, 3.05) is 12.3 Å². The van der Waals surface area contributed by atoms with Crippen LogP contribution in [0, 0.1) is 12.3 Å². The van der Waals surface area contributed by atoms with E-state index in [2.05, 4.69) is 24.7 Å². The molecule has 1 aromatic carbocycles. The van der Waals surface area contributed by atoms with Crippen LogP contribution in [0.5, 0.6) is 0 Å². The molecule has 3 fully saturated rings. The number of hydrogen-bond donors (Lipinski definition) is 3. The molecular weight excluding hydrogens is 416 g/mol. The molecule has 0 radical (unpaired) electrons. The molecule has 3 aliphatic carbocycles. The molecule has 160 valence electrons. The van der Waals surface area contributed by atoms with Gasteiger partial charge in [0.25, 0.3) is 0 Å². The van der Waals surface area contributed by atoms with Crippen LogP contribution in [-0.2, 0) is 10.0 Å². The molecule has 4 N–H and O–H groups in total. The molecule has 0 unspecified atom stereocenters. The minimum absolute atomic E-state index is 0.0854. The summed E-state index contributed by atoms with van der Waals surface area (Å²) in [5.41, 5.74) is 8.44. The molecule has 0 aliphatic heterocycles. The highest BCUT2D eigenvalue weighted by Gasteiger charge is 2.68. The molecule has 3 aromatic rings. The van der Waals surface area contributed by atoms with E-state index in [9.17, 15) is 13.5 Å². The van der Waals surface area contributed by atoms with E-state index in [1.807, 2.05) is 6.92 Å². The third-order valence-electron chi connectivity index (χ3n) is 6.25. The minimum atomic E-state index is -3.72. The third-order valence-corrected chi connectivity index (χ3v) is 7.82. The number of aliphatic hydroxyl groups excluding tert-OH is 1. The van der Waals surface area contributed by atoms with Crippen molar-refractivity contribution in [1.82, 2.24) is 24.7 Å². The number of sulfonamides is 1. The number of aliphatic hydroxyl groups is 1. The number of rotatable bonds is 6. The standard InChI is InChI=1S/C21H22N6O3S/c1-13-2-3-14(31(29,30)27-21-8-20(9-21,10-21)11-28)6-15(13)17-7-24-19(22)18(26-17)16-4-5-23-12-25-16/h2-7,12,27-28H,8-11H2,1H3,(H2,22,24). The summed E-state index contributed by atoms with van der Waals surface area (Å²) in [5.74, 6) is 0.229. The molecule has 0 atom stereocenters. The average molecular weight is 439 g/mol. The Bertz CT molecular complexity index is 1260. The number of nitrogens with two attached hydrogens (primary N) is 1. The Kier molecular flexibility index (Phi) is 4.37. The molecule has 3 aliphatic rings. The summed E-state index contributed by atoms with van der Waals surface area (Å²) in [4.78, 5) is 17.1. The second-order valence-electron chi connectivity index (χ2n) is 8.63. The van der Waals surface area contributed by atoms with E-state index in [1.54, 1.807) is 30.5 Å². The van der Waals surface area contributed by atoms with Crippen molar-refractivity contribution in [3.63, 3.8) is 0 Å². The van der Waals surface area contributed by atoms with Crippen molar-refractivity contribution in [2.24, 2.45) is 5.41 Å². The smallest absolute Gasteiger partial charge is 0.241 e. The molecular formula is C21H22N6O3S. The Morgan fingerprint density at radius 1 is 1.16 bits per heavy atom. The lowest BCUT2D eigenvalue weighted by Crippen LogP contribution is -2.75. The maximum atomic E-state index is 13.0. The number of hydrogen-bond acceptors (Lipinski definition) is 8. The Balaban J connectivity index is 1.48. The van der Waals surface area contributed by atoms with Gasteiger partial charge in [0, 0.05) is 23.9 Å². The van der Waals surface area contributed by atoms with Gasteiger partial charge in [-0.25, -0.2) is 33.1 Å². The van der Waals surface area contributed by atoms with Gasteiger partial charge in [0.15, 0.2) is 5.82 Å². The first-order chi connectivity index (χ1) is 14.7. The topological polar surface area (TPSA) is 144 Å². The van der Waals surface area contributed by atoms with E-state index in [0.29, 0.717) is 41.9 Å². The highest BCUT2D eigenvalue weighted by molar-refractivity contribution is 7.89. The first-order valence-electron chi connectivity index (χ1n) is 9.90. The van der Waals surface area contributed by atoms with Crippen LogP contribution in [0.25, 0.3) is 22.6 Å². The number of benzene rings is 1. The zero-order valence-corrected chi connectivity index (χ0v) is 17.7. The summed E-state index contributed by atoms with van der Waals surface area (Å²) in [7, 11) is -3.72. The van der Waals surface area contributed by atoms with Crippen molar-refractivity contribution < 1.29 is 13.5 Å². The SMILES string of the molecule is Cc1ccc(S(=O)(=O)NC23CC(CO)(C2)C3)cc1-c1cnc(N)c(-c2ccncn2)n1. The molecule has 31 heavy (non-hydrogen) atoms. The molecule has 9 nitrogen and oxygen atoms in total. The predicted octanol–water partition coefficient (Wildman–Crippen LogP) is 1.68. The molecule has 2 aromatic heterocycles. The zero-order chi connectivity index (χ0) is 21.9. The van der Waals surface area contributed by atoms with Crippen LogP contribution in [0.1, 0.15) is 24.8 Å². The van der Waals surface area contributed by atoms with Crippen LogP contribution in [0.2, 0.25) is 0 Å². The first-order valence-corrected chi connectivity index (χ1v) is 11.4. The highest BCUT2D eigenvalue weighted by Crippen LogP contribution is 2.67. The maximum absolute atomic E-state index is 13.0. The monoisotopic (exact) mass is 438 g/mol. The van der Waals surface area contributed by atoms with Crippen LogP contribution in [0.4, 0.5) is 5.82 Å². The van der Waals surface area contributed by atoms with E-state index in [4.69, 9.17) is 5.73 Å². The van der Waals surface area contributed by atoms with E-state index in [0.717, 1.165) is 5.56 Å². The average Bonchev–Trinajstić information content (AvgIpc) is 2.71. The lowest BCUT2D eigenvalue weighted by atomic mass is 9.40. The molecule has 6 rings (SSSR count). The first kappa shape index (κ1) is 20.0. The van der Waals surface area contributed by atoms with Gasteiger partial charge in [0.1, 0.15) is 12.0 Å². The summed E-state index contributed by atoms with van der Waals surface area (Å²) in [6.45, 7) is 1.99. The lowest BCUT2D eigenvalue weighted by Gasteiger charge is -2.69. The third kappa shape index (κ3) is 3.27. The Labute approximate surface area is 179 Å². The zero-order valence-electron chi connectivity index (χ0n) is 16.9. The molecule has 0 amide bonds. The largest absolute Gasteiger partial charge is 0.396 e. The number of aromatic nitrogens is 4. The number of nitrogens with zero attached hydrogens (tertiary/aromatic N) is 4. The van der Waals surface area contributed by atoms with Crippen LogP contribution in [-0.4, -0.2) is 45.6 Å². The number of anilines is 1. The lowest BCUT2D eigenvalue weighted by molar-refractivity contribution is -0.167. The van der Waals surface area contributed by atoms with Gasteiger partial charge in [0.2, 0.25) is 10.0 Å². The second kappa shape index (κ2) is 6.78. The maximum Gasteiger partial charge on any atom is 0.241 e.